The van der Waals surface area contributed by atoms with Gasteiger partial charge in [-0.25, -0.2) is 0 Å². The van der Waals surface area contributed by atoms with Crippen LogP contribution in [0.15, 0.2) is 24.3 Å². The summed E-state index contributed by atoms with van der Waals surface area (Å²) in [5.41, 5.74) is 6.18. The van der Waals surface area contributed by atoms with Gasteiger partial charge < -0.3 is 16.0 Å². The second-order valence-electron chi connectivity index (χ2n) is 6.70. The maximum Gasteiger partial charge on any atom is 0.239 e. The Kier molecular flexibility index (Phi) is 4.34. The molecule has 3 rings (SSSR count). The first kappa shape index (κ1) is 16.3. The van der Waals surface area contributed by atoms with E-state index < -0.39 is 11.5 Å². The lowest BCUT2D eigenvalue weighted by Crippen LogP contribution is -2.55. The van der Waals surface area contributed by atoms with E-state index in [9.17, 15) is 9.59 Å². The molecule has 0 aromatic heterocycles. The molecule has 2 amide bonds. The second kappa shape index (κ2) is 6.13. The van der Waals surface area contributed by atoms with Gasteiger partial charge in [-0.05, 0) is 50.3 Å². The fourth-order valence-corrected chi connectivity index (χ4v) is 3.42. The van der Waals surface area contributed by atoms with Crippen LogP contribution in [0.2, 0.25) is 5.02 Å². The lowest BCUT2D eigenvalue weighted by Gasteiger charge is -2.30. The van der Waals surface area contributed by atoms with Crippen molar-refractivity contribution in [2.24, 2.45) is 17.6 Å². The number of hydrogen-bond acceptors (Lipinski definition) is 3. The Bertz CT molecular complexity index is 632. The molecule has 2 aliphatic rings. The van der Waals surface area contributed by atoms with Crippen LogP contribution in [-0.2, 0) is 9.59 Å². The van der Waals surface area contributed by atoms with Crippen LogP contribution in [-0.4, -0.2) is 30.4 Å². The fourth-order valence-electron chi connectivity index (χ4n) is 3.23. The summed E-state index contributed by atoms with van der Waals surface area (Å²) in [4.78, 5) is 26.8. The molecule has 1 aliphatic carbocycles. The molecular formula is C17H22ClN3O2. The number of carbonyl (C=O) groups is 2. The number of hydrogen-bond donors (Lipinski definition) is 2. The first-order valence-corrected chi connectivity index (χ1v) is 8.41. The van der Waals surface area contributed by atoms with Crippen LogP contribution in [0.5, 0.6) is 0 Å². The summed E-state index contributed by atoms with van der Waals surface area (Å²) < 4.78 is 0. The minimum atomic E-state index is -0.640. The van der Waals surface area contributed by atoms with Gasteiger partial charge in [-0.3, -0.25) is 9.59 Å². The standard InChI is InChI=1S/C17H22ClN3O2/c1-17(10-19,11-5-6-11)20-15(22)14-7-8-21(16(14)23)13-4-2-3-12(18)9-13/h2-4,9,11,14H,5-8,10,19H2,1H3,(H,20,22). The van der Waals surface area contributed by atoms with E-state index in [1.165, 1.54) is 0 Å². The van der Waals surface area contributed by atoms with Gasteiger partial charge in [-0.2, -0.15) is 0 Å². The molecule has 1 saturated carbocycles. The quantitative estimate of drug-likeness (QED) is 0.807. The van der Waals surface area contributed by atoms with Gasteiger partial charge in [0.1, 0.15) is 5.92 Å². The molecule has 1 aromatic carbocycles. The number of nitrogens with zero attached hydrogens (tertiary/aromatic N) is 1. The first-order chi connectivity index (χ1) is 10.9. The van der Waals surface area contributed by atoms with Crippen molar-refractivity contribution in [3.63, 3.8) is 0 Å². The molecule has 1 aromatic rings. The van der Waals surface area contributed by atoms with Crippen LogP contribution >= 0.6 is 11.6 Å². The fraction of sp³-hybridized carbons (Fsp3) is 0.529. The highest BCUT2D eigenvalue weighted by atomic mass is 35.5. The molecule has 1 heterocycles. The third-order valence-corrected chi connectivity index (χ3v) is 5.19. The SMILES string of the molecule is CC(CN)(NC(=O)C1CCN(c2cccc(Cl)c2)C1=O)C1CC1. The van der Waals surface area contributed by atoms with E-state index in [-0.39, 0.29) is 11.8 Å². The number of amides is 2. The lowest BCUT2D eigenvalue weighted by atomic mass is 9.94. The summed E-state index contributed by atoms with van der Waals surface area (Å²) in [7, 11) is 0. The summed E-state index contributed by atoms with van der Waals surface area (Å²) in [6.07, 6.45) is 2.69. The number of halogens is 1. The van der Waals surface area contributed by atoms with E-state index in [2.05, 4.69) is 5.32 Å². The van der Waals surface area contributed by atoms with Gasteiger partial charge >= 0.3 is 0 Å². The van der Waals surface area contributed by atoms with Gasteiger partial charge in [-0.1, -0.05) is 17.7 Å². The van der Waals surface area contributed by atoms with Crippen LogP contribution in [0, 0.1) is 11.8 Å². The largest absolute Gasteiger partial charge is 0.349 e. The summed E-state index contributed by atoms with van der Waals surface area (Å²) in [6.45, 7) is 2.89. The minimum absolute atomic E-state index is 0.167. The number of benzene rings is 1. The van der Waals surface area contributed by atoms with Crippen LogP contribution in [0.4, 0.5) is 5.69 Å². The zero-order valence-corrected chi connectivity index (χ0v) is 14.0. The number of rotatable bonds is 5. The number of nitrogens with two attached hydrogens (primary N) is 1. The average molecular weight is 336 g/mol. The Balaban J connectivity index is 1.70. The molecule has 6 heteroatoms. The first-order valence-electron chi connectivity index (χ1n) is 8.03. The van der Waals surface area contributed by atoms with E-state index in [0.717, 1.165) is 18.5 Å². The van der Waals surface area contributed by atoms with Crippen molar-refractivity contribution in [2.45, 2.75) is 31.7 Å². The minimum Gasteiger partial charge on any atom is -0.349 e. The van der Waals surface area contributed by atoms with Gasteiger partial charge in [0.25, 0.3) is 0 Å². The lowest BCUT2D eigenvalue weighted by molar-refractivity contribution is -0.133. The second-order valence-corrected chi connectivity index (χ2v) is 7.13. The Hall–Kier alpha value is -1.59. The zero-order valence-electron chi connectivity index (χ0n) is 13.2. The molecule has 0 spiro atoms. The van der Waals surface area contributed by atoms with Crippen LogP contribution in [0.25, 0.3) is 0 Å². The maximum atomic E-state index is 12.6. The van der Waals surface area contributed by atoms with Crippen molar-refractivity contribution >= 4 is 29.1 Å². The predicted molar refractivity (Wildman–Crippen MR) is 90.2 cm³/mol. The van der Waals surface area contributed by atoms with Crippen LogP contribution in [0.1, 0.15) is 26.2 Å². The highest BCUT2D eigenvalue weighted by Crippen LogP contribution is 2.39. The Labute approximate surface area is 141 Å². The van der Waals surface area contributed by atoms with Gasteiger partial charge in [0.2, 0.25) is 11.8 Å². The monoisotopic (exact) mass is 335 g/mol. The molecular weight excluding hydrogens is 314 g/mol. The molecule has 1 saturated heterocycles. The Morgan fingerprint density at radius 3 is 2.78 bits per heavy atom. The molecule has 2 unspecified atom stereocenters. The Morgan fingerprint density at radius 2 is 2.17 bits per heavy atom. The average Bonchev–Trinajstić information content (AvgIpc) is 3.30. The summed E-state index contributed by atoms with van der Waals surface area (Å²) in [5.74, 6) is -0.588. The van der Waals surface area contributed by atoms with E-state index in [1.54, 1.807) is 23.1 Å². The molecule has 3 N–H and O–H groups in total. The molecule has 1 aliphatic heterocycles. The van der Waals surface area contributed by atoms with E-state index in [1.807, 2.05) is 13.0 Å². The van der Waals surface area contributed by atoms with Crippen molar-refractivity contribution in [1.82, 2.24) is 5.32 Å². The van der Waals surface area contributed by atoms with Gasteiger partial charge in [0.05, 0.1) is 5.54 Å². The highest BCUT2D eigenvalue weighted by Gasteiger charge is 2.45. The van der Waals surface area contributed by atoms with Crippen molar-refractivity contribution in [3.05, 3.63) is 29.3 Å². The normalized spacial score (nSPS) is 23.7. The van der Waals surface area contributed by atoms with Crippen LogP contribution < -0.4 is 16.0 Å². The van der Waals surface area contributed by atoms with Gasteiger partial charge in [-0.15, -0.1) is 0 Å². The van der Waals surface area contributed by atoms with Gasteiger partial charge in [0, 0.05) is 23.8 Å². The van der Waals surface area contributed by atoms with Crippen molar-refractivity contribution in [3.8, 4) is 0 Å². The van der Waals surface area contributed by atoms with E-state index >= 15 is 0 Å². The van der Waals surface area contributed by atoms with Crippen LogP contribution in [0.3, 0.4) is 0 Å². The predicted octanol–water partition coefficient (Wildman–Crippen LogP) is 1.94. The molecule has 2 atom stereocenters. The van der Waals surface area contributed by atoms with E-state index in [0.29, 0.717) is 30.5 Å². The number of nitrogens with one attached hydrogen (secondary N) is 1. The van der Waals surface area contributed by atoms with Crippen molar-refractivity contribution < 1.29 is 9.59 Å². The molecule has 5 nitrogen and oxygen atoms in total. The molecule has 0 radical (unpaired) electrons. The van der Waals surface area contributed by atoms with E-state index in [4.69, 9.17) is 17.3 Å². The third-order valence-electron chi connectivity index (χ3n) is 4.95. The molecule has 0 bridgehead atoms. The smallest absolute Gasteiger partial charge is 0.239 e. The number of anilines is 1. The highest BCUT2D eigenvalue weighted by molar-refractivity contribution is 6.31. The summed E-state index contributed by atoms with van der Waals surface area (Å²) >= 11 is 5.99. The summed E-state index contributed by atoms with van der Waals surface area (Å²) in [6, 6.07) is 7.14. The van der Waals surface area contributed by atoms with Crippen molar-refractivity contribution in [2.75, 3.05) is 18.0 Å². The topological polar surface area (TPSA) is 75.4 Å². The van der Waals surface area contributed by atoms with Crippen molar-refractivity contribution in [1.29, 1.82) is 0 Å². The molecule has 2 fully saturated rings. The summed E-state index contributed by atoms with van der Waals surface area (Å²) in [5, 5.41) is 3.60. The Morgan fingerprint density at radius 1 is 1.43 bits per heavy atom. The third kappa shape index (κ3) is 3.21. The number of carbonyl (C=O) groups excluding carboxylic acids is 2. The molecule has 124 valence electrons. The van der Waals surface area contributed by atoms with Gasteiger partial charge in [0.15, 0.2) is 0 Å². The molecule has 23 heavy (non-hydrogen) atoms. The maximum absolute atomic E-state index is 12.6. The zero-order chi connectivity index (χ0) is 16.6.